The average Bonchev–Trinajstić information content (AvgIpc) is 3.03. The molecule has 3 aromatic rings. The second kappa shape index (κ2) is 5.41. The molecule has 2 N–H and O–H groups in total. The van der Waals surface area contributed by atoms with E-state index in [9.17, 15) is 0 Å². The highest BCUT2D eigenvalue weighted by Crippen LogP contribution is 2.24. The first-order valence-electron chi connectivity index (χ1n) is 8.30. The van der Waals surface area contributed by atoms with Crippen LogP contribution in [0.2, 0.25) is 0 Å². The fourth-order valence-corrected chi connectivity index (χ4v) is 3.50. The molecule has 0 fully saturated rings. The molecule has 0 aliphatic carbocycles. The molecule has 0 saturated carbocycles. The second-order valence-corrected chi connectivity index (χ2v) is 6.66. The predicted octanol–water partition coefficient (Wildman–Crippen LogP) is 3.28. The molecule has 1 atom stereocenters. The lowest BCUT2D eigenvalue weighted by Gasteiger charge is -2.20. The Balaban J connectivity index is 1.54. The van der Waals surface area contributed by atoms with Crippen LogP contribution in [0.3, 0.4) is 0 Å². The molecule has 1 unspecified atom stereocenters. The van der Waals surface area contributed by atoms with Crippen LogP contribution in [-0.2, 0) is 25.8 Å². The van der Waals surface area contributed by atoms with Crippen molar-refractivity contribution in [2.45, 2.75) is 46.1 Å². The van der Waals surface area contributed by atoms with Gasteiger partial charge in [-0.2, -0.15) is 4.98 Å². The van der Waals surface area contributed by atoms with Crippen molar-refractivity contribution in [2.75, 3.05) is 5.73 Å². The van der Waals surface area contributed by atoms with Crippen molar-refractivity contribution in [1.82, 2.24) is 14.5 Å². The Morgan fingerprint density at radius 2 is 2.17 bits per heavy atom. The Morgan fingerprint density at radius 3 is 3.04 bits per heavy atom. The Kier molecular flexibility index (Phi) is 3.36. The van der Waals surface area contributed by atoms with E-state index >= 15 is 0 Å². The van der Waals surface area contributed by atoms with Gasteiger partial charge >= 0.3 is 0 Å². The van der Waals surface area contributed by atoms with Gasteiger partial charge < -0.3 is 14.7 Å². The zero-order valence-electron chi connectivity index (χ0n) is 13.7. The summed E-state index contributed by atoms with van der Waals surface area (Å²) in [7, 11) is 0. The number of anilines is 1. The van der Waals surface area contributed by atoms with Crippen molar-refractivity contribution in [3.05, 3.63) is 41.0 Å². The van der Waals surface area contributed by atoms with Gasteiger partial charge in [0.1, 0.15) is 11.3 Å². The zero-order chi connectivity index (χ0) is 16.0. The Bertz CT molecular complexity index is 861. The second-order valence-electron chi connectivity index (χ2n) is 6.66. The van der Waals surface area contributed by atoms with Gasteiger partial charge in [0.15, 0.2) is 5.58 Å². The molecule has 0 saturated heterocycles. The number of rotatable bonds is 3. The lowest BCUT2D eigenvalue weighted by atomic mass is 10.0. The van der Waals surface area contributed by atoms with Gasteiger partial charge in [0, 0.05) is 18.7 Å². The van der Waals surface area contributed by atoms with Crippen LogP contribution in [-0.4, -0.2) is 14.5 Å². The molecule has 1 aliphatic heterocycles. The summed E-state index contributed by atoms with van der Waals surface area (Å²) in [6.45, 7) is 5.62. The maximum Gasteiger partial charge on any atom is 0.292 e. The summed E-state index contributed by atoms with van der Waals surface area (Å²) in [6.07, 6.45) is 4.26. The lowest BCUT2D eigenvalue weighted by Crippen LogP contribution is -2.18. The van der Waals surface area contributed by atoms with Crippen molar-refractivity contribution in [3.8, 4) is 0 Å². The zero-order valence-corrected chi connectivity index (χ0v) is 13.7. The van der Waals surface area contributed by atoms with Crippen molar-refractivity contribution in [2.24, 2.45) is 5.92 Å². The third kappa shape index (κ3) is 2.60. The fourth-order valence-electron chi connectivity index (χ4n) is 3.50. The molecule has 4 rings (SSSR count). The number of imidazole rings is 1. The Labute approximate surface area is 135 Å². The van der Waals surface area contributed by atoms with E-state index in [4.69, 9.17) is 15.1 Å². The highest BCUT2D eigenvalue weighted by atomic mass is 16.4. The minimum atomic E-state index is 0.226. The summed E-state index contributed by atoms with van der Waals surface area (Å²) in [6, 6.07) is 6.32. The summed E-state index contributed by atoms with van der Waals surface area (Å²) < 4.78 is 7.81. The number of aryl methyl sites for hydroxylation is 2. The van der Waals surface area contributed by atoms with E-state index < -0.39 is 0 Å². The molecule has 1 aliphatic rings. The monoisotopic (exact) mass is 310 g/mol. The Morgan fingerprint density at radius 1 is 1.30 bits per heavy atom. The molecule has 1 aromatic carbocycles. The molecule has 120 valence electrons. The number of nitrogens with two attached hydrogens (primary N) is 1. The van der Waals surface area contributed by atoms with Crippen LogP contribution in [0.1, 0.15) is 36.1 Å². The normalized spacial score (nSPS) is 17.6. The van der Waals surface area contributed by atoms with Crippen LogP contribution < -0.4 is 5.73 Å². The van der Waals surface area contributed by atoms with Gasteiger partial charge in [-0.1, -0.05) is 13.0 Å². The number of oxazole rings is 1. The minimum absolute atomic E-state index is 0.226. The van der Waals surface area contributed by atoms with Crippen LogP contribution in [0, 0.1) is 12.8 Å². The largest absolute Gasteiger partial charge is 0.424 e. The molecule has 0 spiro atoms. The SMILES string of the molecule is Cc1c(CCc2ccc3nc(N)oc3c2)nc2n1CCC(C)C2. The van der Waals surface area contributed by atoms with Gasteiger partial charge in [-0.25, -0.2) is 4.98 Å². The van der Waals surface area contributed by atoms with E-state index in [1.165, 1.54) is 29.2 Å². The van der Waals surface area contributed by atoms with Gasteiger partial charge in [-0.15, -0.1) is 0 Å². The van der Waals surface area contributed by atoms with E-state index in [1.54, 1.807) is 0 Å². The van der Waals surface area contributed by atoms with E-state index in [0.29, 0.717) is 0 Å². The van der Waals surface area contributed by atoms with Crippen LogP contribution in [0.15, 0.2) is 22.6 Å². The molecule has 23 heavy (non-hydrogen) atoms. The quantitative estimate of drug-likeness (QED) is 0.806. The summed E-state index contributed by atoms with van der Waals surface area (Å²) in [4.78, 5) is 9.02. The molecule has 5 heteroatoms. The molecule has 0 radical (unpaired) electrons. The molecule has 5 nitrogen and oxygen atoms in total. The van der Waals surface area contributed by atoms with E-state index in [-0.39, 0.29) is 6.01 Å². The highest BCUT2D eigenvalue weighted by Gasteiger charge is 2.20. The van der Waals surface area contributed by atoms with Crippen molar-refractivity contribution < 1.29 is 4.42 Å². The van der Waals surface area contributed by atoms with Gasteiger partial charge in [0.2, 0.25) is 0 Å². The number of hydrogen-bond donors (Lipinski definition) is 1. The van der Waals surface area contributed by atoms with Crippen LogP contribution in [0.4, 0.5) is 6.01 Å². The number of benzene rings is 1. The summed E-state index contributed by atoms with van der Waals surface area (Å²) >= 11 is 0. The molecular formula is C18H22N4O. The number of nitrogens with zero attached hydrogens (tertiary/aromatic N) is 3. The third-order valence-electron chi connectivity index (χ3n) is 4.89. The minimum Gasteiger partial charge on any atom is -0.424 e. The average molecular weight is 310 g/mol. The molecule has 2 aromatic heterocycles. The van der Waals surface area contributed by atoms with Crippen molar-refractivity contribution in [1.29, 1.82) is 0 Å². The summed E-state index contributed by atoms with van der Waals surface area (Å²) in [5, 5.41) is 0. The molecule has 3 heterocycles. The van der Waals surface area contributed by atoms with Gasteiger partial charge in [0.05, 0.1) is 5.69 Å². The predicted molar refractivity (Wildman–Crippen MR) is 90.3 cm³/mol. The highest BCUT2D eigenvalue weighted by molar-refractivity contribution is 5.74. The molecule has 0 bridgehead atoms. The standard InChI is InChI=1S/C18H22N4O/c1-11-7-8-22-12(2)14(20-17(22)9-11)5-3-13-4-6-15-16(10-13)23-18(19)21-15/h4,6,10-11H,3,5,7-9H2,1-2H3,(H2,19,21). The van der Waals surface area contributed by atoms with E-state index in [2.05, 4.69) is 29.5 Å². The fraction of sp³-hybridized carbons (Fsp3) is 0.444. The summed E-state index contributed by atoms with van der Waals surface area (Å²) in [5.41, 5.74) is 11.0. The lowest BCUT2D eigenvalue weighted by molar-refractivity contribution is 0.405. The van der Waals surface area contributed by atoms with Gasteiger partial charge in [0.25, 0.3) is 6.01 Å². The maximum absolute atomic E-state index is 5.60. The Hall–Kier alpha value is -2.30. The molecule has 0 amide bonds. The first-order chi connectivity index (χ1) is 11.1. The van der Waals surface area contributed by atoms with Gasteiger partial charge in [-0.3, -0.25) is 0 Å². The molecular weight excluding hydrogens is 288 g/mol. The summed E-state index contributed by atoms with van der Waals surface area (Å²) in [5.74, 6) is 2.01. The van der Waals surface area contributed by atoms with E-state index in [1.807, 2.05) is 12.1 Å². The number of nitrogen functional groups attached to an aromatic ring is 1. The first kappa shape index (κ1) is 14.3. The number of hydrogen-bond acceptors (Lipinski definition) is 4. The maximum atomic E-state index is 5.60. The third-order valence-corrected chi connectivity index (χ3v) is 4.89. The topological polar surface area (TPSA) is 69.9 Å². The number of fused-ring (bicyclic) bond motifs is 2. The van der Waals surface area contributed by atoms with Crippen LogP contribution >= 0.6 is 0 Å². The first-order valence-corrected chi connectivity index (χ1v) is 8.30. The van der Waals surface area contributed by atoms with Crippen LogP contribution in [0.5, 0.6) is 0 Å². The van der Waals surface area contributed by atoms with E-state index in [0.717, 1.165) is 42.8 Å². The van der Waals surface area contributed by atoms with Crippen molar-refractivity contribution >= 4 is 17.1 Å². The van der Waals surface area contributed by atoms with Crippen LogP contribution in [0.25, 0.3) is 11.1 Å². The van der Waals surface area contributed by atoms with Gasteiger partial charge in [-0.05, 0) is 49.8 Å². The smallest absolute Gasteiger partial charge is 0.292 e. The van der Waals surface area contributed by atoms with Crippen molar-refractivity contribution in [3.63, 3.8) is 0 Å². The number of aromatic nitrogens is 3.